The molecule has 0 spiro atoms. The molecule has 0 heterocycles. The van der Waals surface area contributed by atoms with E-state index in [0.29, 0.717) is 23.4 Å². The van der Waals surface area contributed by atoms with Crippen LogP contribution in [0, 0.1) is 11.3 Å². The summed E-state index contributed by atoms with van der Waals surface area (Å²) in [5.41, 5.74) is 7.73. The van der Waals surface area contributed by atoms with Gasteiger partial charge < -0.3 is 11.1 Å². The van der Waals surface area contributed by atoms with Crippen molar-refractivity contribution in [2.45, 2.75) is 65.0 Å². The molecular formula is C19H32N2. The van der Waals surface area contributed by atoms with E-state index in [4.69, 9.17) is 5.73 Å². The van der Waals surface area contributed by atoms with E-state index in [-0.39, 0.29) is 0 Å². The highest BCUT2D eigenvalue weighted by Crippen LogP contribution is 2.32. The Kier molecular flexibility index (Phi) is 5.83. The van der Waals surface area contributed by atoms with Crippen LogP contribution in [0.25, 0.3) is 0 Å². The van der Waals surface area contributed by atoms with Crippen molar-refractivity contribution in [3.05, 3.63) is 35.9 Å². The first-order valence-corrected chi connectivity index (χ1v) is 8.50. The van der Waals surface area contributed by atoms with Gasteiger partial charge in [0.1, 0.15) is 0 Å². The molecule has 3 atom stereocenters. The second kappa shape index (κ2) is 7.42. The maximum Gasteiger partial charge on any atom is 0.0327 e. The van der Waals surface area contributed by atoms with E-state index >= 15 is 0 Å². The zero-order valence-electron chi connectivity index (χ0n) is 13.9. The lowest BCUT2D eigenvalue weighted by Gasteiger charge is -2.37. The van der Waals surface area contributed by atoms with Gasteiger partial charge in [0, 0.05) is 12.1 Å². The Hall–Kier alpha value is -0.860. The Balaban J connectivity index is 2.11. The lowest BCUT2D eigenvalue weighted by atomic mass is 9.81. The second-order valence-corrected chi connectivity index (χ2v) is 7.78. The summed E-state index contributed by atoms with van der Waals surface area (Å²) < 4.78 is 0. The van der Waals surface area contributed by atoms with E-state index in [1.807, 2.05) is 0 Å². The van der Waals surface area contributed by atoms with Crippen LogP contribution >= 0.6 is 0 Å². The highest BCUT2D eigenvalue weighted by atomic mass is 15.0. The van der Waals surface area contributed by atoms with Crippen molar-refractivity contribution in [1.82, 2.24) is 5.32 Å². The van der Waals surface area contributed by atoms with Crippen LogP contribution in [0.2, 0.25) is 0 Å². The summed E-state index contributed by atoms with van der Waals surface area (Å²) in [5.74, 6) is 0.643. The van der Waals surface area contributed by atoms with Gasteiger partial charge in [-0.25, -0.2) is 0 Å². The molecule has 0 bridgehead atoms. The molecule has 0 aliphatic heterocycles. The number of rotatable bonds is 5. The molecule has 3 unspecified atom stereocenters. The van der Waals surface area contributed by atoms with Gasteiger partial charge in [-0.3, -0.25) is 0 Å². The van der Waals surface area contributed by atoms with Crippen LogP contribution in [0.4, 0.5) is 0 Å². The Bertz CT molecular complexity index is 407. The Morgan fingerprint density at radius 1 is 1.14 bits per heavy atom. The molecule has 21 heavy (non-hydrogen) atoms. The fraction of sp³-hybridized carbons (Fsp3) is 0.684. The molecule has 3 N–H and O–H groups in total. The largest absolute Gasteiger partial charge is 0.330 e. The van der Waals surface area contributed by atoms with Crippen molar-refractivity contribution < 1.29 is 0 Å². The number of benzene rings is 1. The maximum absolute atomic E-state index is 6.00. The number of nitrogens with two attached hydrogens (primary N) is 1. The minimum Gasteiger partial charge on any atom is -0.330 e. The van der Waals surface area contributed by atoms with Gasteiger partial charge in [-0.05, 0) is 42.7 Å². The Morgan fingerprint density at radius 2 is 1.81 bits per heavy atom. The molecule has 0 amide bonds. The van der Waals surface area contributed by atoms with Crippen molar-refractivity contribution in [2.24, 2.45) is 17.1 Å². The molecule has 1 aliphatic carbocycles. The summed E-state index contributed by atoms with van der Waals surface area (Å²) in [6.07, 6.45) is 6.39. The average Bonchev–Trinajstić information content (AvgIpc) is 2.47. The summed E-state index contributed by atoms with van der Waals surface area (Å²) in [7, 11) is 0. The average molecular weight is 288 g/mol. The first-order chi connectivity index (χ1) is 9.99. The molecule has 1 saturated carbocycles. The number of hydrogen-bond acceptors (Lipinski definition) is 2. The predicted molar refractivity (Wildman–Crippen MR) is 91.2 cm³/mol. The van der Waals surface area contributed by atoms with Crippen LogP contribution in [0.15, 0.2) is 30.3 Å². The van der Waals surface area contributed by atoms with E-state index in [0.717, 1.165) is 13.0 Å². The van der Waals surface area contributed by atoms with Crippen LogP contribution in [-0.2, 0) is 0 Å². The number of nitrogens with one attached hydrogen (secondary N) is 1. The zero-order valence-corrected chi connectivity index (χ0v) is 13.9. The van der Waals surface area contributed by atoms with Crippen molar-refractivity contribution in [3.8, 4) is 0 Å². The van der Waals surface area contributed by atoms with Gasteiger partial charge in [0.25, 0.3) is 0 Å². The van der Waals surface area contributed by atoms with Gasteiger partial charge in [0.15, 0.2) is 0 Å². The van der Waals surface area contributed by atoms with E-state index < -0.39 is 0 Å². The van der Waals surface area contributed by atoms with Gasteiger partial charge in [-0.15, -0.1) is 0 Å². The molecule has 1 aromatic carbocycles. The molecule has 2 nitrogen and oxygen atoms in total. The summed E-state index contributed by atoms with van der Waals surface area (Å²) in [5, 5.41) is 3.95. The molecule has 0 aromatic heterocycles. The van der Waals surface area contributed by atoms with Gasteiger partial charge in [-0.2, -0.15) is 0 Å². The molecule has 1 aliphatic rings. The zero-order chi connectivity index (χ0) is 15.3. The summed E-state index contributed by atoms with van der Waals surface area (Å²) in [4.78, 5) is 0. The molecular weight excluding hydrogens is 256 g/mol. The highest BCUT2D eigenvalue weighted by Gasteiger charge is 2.28. The summed E-state index contributed by atoms with van der Waals surface area (Å²) in [6, 6.07) is 11.9. The first-order valence-electron chi connectivity index (χ1n) is 8.50. The topological polar surface area (TPSA) is 38.0 Å². The number of hydrogen-bond donors (Lipinski definition) is 2. The van der Waals surface area contributed by atoms with Gasteiger partial charge in [0.05, 0.1) is 0 Å². The van der Waals surface area contributed by atoms with Crippen LogP contribution in [-0.4, -0.2) is 12.6 Å². The lowest BCUT2D eigenvalue weighted by molar-refractivity contribution is 0.218. The maximum atomic E-state index is 6.00. The third-order valence-electron chi connectivity index (χ3n) is 4.65. The van der Waals surface area contributed by atoms with Crippen LogP contribution in [0.5, 0.6) is 0 Å². The molecule has 1 aromatic rings. The van der Waals surface area contributed by atoms with Crippen molar-refractivity contribution in [3.63, 3.8) is 0 Å². The van der Waals surface area contributed by atoms with Gasteiger partial charge >= 0.3 is 0 Å². The molecule has 2 heteroatoms. The van der Waals surface area contributed by atoms with Crippen LogP contribution in [0.1, 0.15) is 64.5 Å². The third kappa shape index (κ3) is 5.12. The van der Waals surface area contributed by atoms with Crippen molar-refractivity contribution in [2.75, 3.05) is 6.54 Å². The van der Waals surface area contributed by atoms with Crippen molar-refractivity contribution >= 4 is 0 Å². The highest BCUT2D eigenvalue weighted by molar-refractivity contribution is 5.19. The Labute approximate surface area is 130 Å². The molecule has 0 saturated heterocycles. The van der Waals surface area contributed by atoms with E-state index in [2.05, 4.69) is 56.4 Å². The van der Waals surface area contributed by atoms with Gasteiger partial charge in [0.2, 0.25) is 0 Å². The standard InChI is InChI=1S/C19H32N2/c1-19(2,3)13-18(15-9-5-4-6-10-15)21-17-12-8-7-11-16(17)14-20/h4-6,9-10,16-18,21H,7-8,11-14,20H2,1-3H3. The van der Waals surface area contributed by atoms with E-state index in [1.165, 1.54) is 31.2 Å². The van der Waals surface area contributed by atoms with Crippen LogP contribution < -0.4 is 11.1 Å². The molecule has 0 radical (unpaired) electrons. The van der Waals surface area contributed by atoms with E-state index in [9.17, 15) is 0 Å². The van der Waals surface area contributed by atoms with E-state index in [1.54, 1.807) is 0 Å². The quantitative estimate of drug-likeness (QED) is 0.849. The van der Waals surface area contributed by atoms with Crippen LogP contribution in [0.3, 0.4) is 0 Å². The first kappa shape index (κ1) is 16.5. The lowest BCUT2D eigenvalue weighted by Crippen LogP contribution is -2.44. The molecule has 1 fully saturated rings. The third-order valence-corrected chi connectivity index (χ3v) is 4.65. The summed E-state index contributed by atoms with van der Waals surface area (Å²) >= 11 is 0. The minimum absolute atomic E-state index is 0.320. The monoisotopic (exact) mass is 288 g/mol. The fourth-order valence-electron chi connectivity index (χ4n) is 3.54. The normalized spacial score (nSPS) is 24.8. The molecule has 2 rings (SSSR count). The fourth-order valence-corrected chi connectivity index (χ4v) is 3.54. The smallest absolute Gasteiger partial charge is 0.0327 e. The molecule has 118 valence electrons. The predicted octanol–water partition coefficient (Wildman–Crippen LogP) is 4.27. The Morgan fingerprint density at radius 3 is 2.43 bits per heavy atom. The minimum atomic E-state index is 0.320. The van der Waals surface area contributed by atoms with Crippen molar-refractivity contribution in [1.29, 1.82) is 0 Å². The second-order valence-electron chi connectivity index (χ2n) is 7.78. The van der Waals surface area contributed by atoms with Gasteiger partial charge in [-0.1, -0.05) is 63.9 Å². The summed E-state index contributed by atoms with van der Waals surface area (Å²) in [6.45, 7) is 7.79. The SMILES string of the molecule is CC(C)(C)CC(NC1CCCCC1CN)c1ccccc1.